The maximum absolute atomic E-state index is 5.93. The first-order valence-corrected chi connectivity index (χ1v) is 7.80. The van der Waals surface area contributed by atoms with Crippen LogP contribution in [0.1, 0.15) is 46.6 Å². The van der Waals surface area contributed by atoms with Crippen molar-refractivity contribution in [1.29, 1.82) is 0 Å². The topological polar surface area (TPSA) is 9.23 Å². The second-order valence-corrected chi connectivity index (χ2v) is 7.55. The van der Waals surface area contributed by atoms with Crippen molar-refractivity contribution in [3.63, 3.8) is 0 Å². The molecular weight excluding hydrogens is 240 g/mol. The molecule has 0 aliphatic rings. The predicted octanol–water partition coefficient (Wildman–Crippen LogP) is 4.89. The molecule has 1 rings (SSSR count). The lowest BCUT2D eigenvalue weighted by atomic mass is 9.86. The summed E-state index contributed by atoms with van der Waals surface area (Å²) in [5.74, 6) is 2.22. The minimum atomic E-state index is 0.142. The Morgan fingerprint density at radius 3 is 2.44 bits per heavy atom. The van der Waals surface area contributed by atoms with Crippen molar-refractivity contribution in [3.05, 3.63) is 29.8 Å². The van der Waals surface area contributed by atoms with Crippen molar-refractivity contribution < 1.29 is 4.74 Å². The first kappa shape index (κ1) is 15.4. The van der Waals surface area contributed by atoms with Gasteiger partial charge in [0.25, 0.3) is 0 Å². The molecule has 1 nitrogen and oxygen atoms in total. The number of ether oxygens (including phenoxy) is 1. The zero-order chi connectivity index (χ0) is 13.6. The molecule has 0 aliphatic heterocycles. The van der Waals surface area contributed by atoms with Crippen LogP contribution < -0.4 is 4.74 Å². The third-order valence-corrected chi connectivity index (χ3v) is 3.88. The summed E-state index contributed by atoms with van der Waals surface area (Å²) < 4.78 is 5.93. The Labute approximate surface area is 116 Å². The summed E-state index contributed by atoms with van der Waals surface area (Å²) in [6.45, 7) is 12.0. The van der Waals surface area contributed by atoms with Gasteiger partial charge in [-0.1, -0.05) is 52.8 Å². The van der Waals surface area contributed by atoms with Crippen LogP contribution in [0.15, 0.2) is 24.3 Å². The highest BCUT2D eigenvalue weighted by atomic mass is 32.2. The van der Waals surface area contributed by atoms with Crippen LogP contribution in [0.3, 0.4) is 0 Å². The molecule has 102 valence electrons. The molecule has 0 N–H and O–H groups in total. The standard InChI is InChI=1S/C16H26OS/c1-13(2)18-12-8-11-17-15-10-7-6-9-14(15)16(3,4)5/h6-7,9-10,13H,8,11-12H2,1-5H3. The second kappa shape index (κ2) is 7.08. The van der Waals surface area contributed by atoms with E-state index >= 15 is 0 Å². The van der Waals surface area contributed by atoms with E-state index in [1.54, 1.807) is 0 Å². The largest absolute Gasteiger partial charge is 0.493 e. The molecule has 0 radical (unpaired) electrons. The summed E-state index contributed by atoms with van der Waals surface area (Å²) in [5.41, 5.74) is 1.44. The highest BCUT2D eigenvalue weighted by molar-refractivity contribution is 7.99. The smallest absolute Gasteiger partial charge is 0.123 e. The lowest BCUT2D eigenvalue weighted by molar-refractivity contribution is 0.310. The maximum Gasteiger partial charge on any atom is 0.123 e. The van der Waals surface area contributed by atoms with Gasteiger partial charge in [0.05, 0.1) is 6.61 Å². The normalized spacial score (nSPS) is 11.9. The van der Waals surface area contributed by atoms with Crippen LogP contribution in [0.2, 0.25) is 0 Å². The number of hydrogen-bond acceptors (Lipinski definition) is 2. The number of para-hydroxylation sites is 1. The van der Waals surface area contributed by atoms with Gasteiger partial charge >= 0.3 is 0 Å². The van der Waals surface area contributed by atoms with Gasteiger partial charge in [0, 0.05) is 0 Å². The average molecular weight is 266 g/mol. The Morgan fingerprint density at radius 1 is 1.17 bits per heavy atom. The minimum absolute atomic E-state index is 0.142. The Morgan fingerprint density at radius 2 is 1.83 bits per heavy atom. The molecule has 2 heteroatoms. The van der Waals surface area contributed by atoms with Gasteiger partial charge in [-0.15, -0.1) is 0 Å². The van der Waals surface area contributed by atoms with Gasteiger partial charge in [0.15, 0.2) is 0 Å². The summed E-state index contributed by atoms with van der Waals surface area (Å²) in [5, 5.41) is 0.715. The first-order chi connectivity index (χ1) is 8.41. The van der Waals surface area contributed by atoms with Crippen molar-refractivity contribution in [2.75, 3.05) is 12.4 Å². The fourth-order valence-electron chi connectivity index (χ4n) is 1.77. The van der Waals surface area contributed by atoms with Crippen molar-refractivity contribution >= 4 is 11.8 Å². The van der Waals surface area contributed by atoms with Crippen molar-refractivity contribution in [1.82, 2.24) is 0 Å². The Hall–Kier alpha value is -0.630. The lowest BCUT2D eigenvalue weighted by Gasteiger charge is -2.22. The third-order valence-electron chi connectivity index (χ3n) is 2.69. The van der Waals surface area contributed by atoms with E-state index in [4.69, 9.17) is 4.74 Å². The van der Waals surface area contributed by atoms with Gasteiger partial charge in [0.1, 0.15) is 5.75 Å². The van der Waals surface area contributed by atoms with Crippen LogP contribution in [0.25, 0.3) is 0 Å². The van der Waals surface area contributed by atoms with E-state index in [2.05, 4.69) is 52.8 Å². The monoisotopic (exact) mass is 266 g/mol. The van der Waals surface area contributed by atoms with Crippen molar-refractivity contribution in [3.8, 4) is 5.75 Å². The Balaban J connectivity index is 2.47. The first-order valence-electron chi connectivity index (χ1n) is 6.75. The maximum atomic E-state index is 5.93. The van der Waals surface area contributed by atoms with Crippen LogP contribution in [0.4, 0.5) is 0 Å². The second-order valence-electron chi connectivity index (χ2n) is 5.87. The molecule has 0 aromatic heterocycles. The number of rotatable bonds is 6. The van der Waals surface area contributed by atoms with Gasteiger partial charge in [-0.25, -0.2) is 0 Å². The molecule has 0 saturated carbocycles. The van der Waals surface area contributed by atoms with Gasteiger partial charge in [-0.2, -0.15) is 11.8 Å². The van der Waals surface area contributed by atoms with Crippen LogP contribution in [0, 0.1) is 0 Å². The molecule has 0 amide bonds. The van der Waals surface area contributed by atoms with E-state index in [9.17, 15) is 0 Å². The number of thioether (sulfide) groups is 1. The molecule has 1 aromatic rings. The van der Waals surface area contributed by atoms with E-state index in [0.29, 0.717) is 5.25 Å². The molecule has 1 aromatic carbocycles. The summed E-state index contributed by atoms with van der Waals surface area (Å²) in [6.07, 6.45) is 1.11. The molecule has 0 fully saturated rings. The summed E-state index contributed by atoms with van der Waals surface area (Å²) >= 11 is 2.00. The average Bonchev–Trinajstić information content (AvgIpc) is 2.27. The highest BCUT2D eigenvalue weighted by Gasteiger charge is 2.18. The molecule has 0 spiro atoms. The zero-order valence-corrected chi connectivity index (χ0v) is 13.1. The molecule has 0 atom stereocenters. The van der Waals surface area contributed by atoms with Gasteiger partial charge < -0.3 is 4.74 Å². The molecule has 0 bridgehead atoms. The van der Waals surface area contributed by atoms with Crippen LogP contribution in [-0.4, -0.2) is 17.6 Å². The lowest BCUT2D eigenvalue weighted by Crippen LogP contribution is -2.13. The van der Waals surface area contributed by atoms with Crippen LogP contribution in [0.5, 0.6) is 5.75 Å². The molecule has 0 unspecified atom stereocenters. The SMILES string of the molecule is CC(C)SCCCOc1ccccc1C(C)(C)C. The van der Waals surface area contributed by atoms with Crippen molar-refractivity contribution in [2.24, 2.45) is 0 Å². The van der Waals surface area contributed by atoms with E-state index in [0.717, 1.165) is 18.8 Å². The summed E-state index contributed by atoms with van der Waals surface area (Å²) in [4.78, 5) is 0. The Kier molecular flexibility index (Phi) is 6.07. The third kappa shape index (κ3) is 5.34. The van der Waals surface area contributed by atoms with Gasteiger partial charge in [-0.05, 0) is 34.5 Å². The quantitative estimate of drug-likeness (QED) is 0.678. The van der Waals surface area contributed by atoms with E-state index < -0.39 is 0 Å². The highest BCUT2D eigenvalue weighted by Crippen LogP contribution is 2.31. The van der Waals surface area contributed by atoms with E-state index in [1.165, 1.54) is 11.3 Å². The fourth-order valence-corrected chi connectivity index (χ4v) is 2.53. The zero-order valence-electron chi connectivity index (χ0n) is 12.3. The molecule has 0 saturated heterocycles. The van der Waals surface area contributed by atoms with E-state index in [1.807, 2.05) is 17.8 Å². The fraction of sp³-hybridized carbons (Fsp3) is 0.625. The van der Waals surface area contributed by atoms with E-state index in [-0.39, 0.29) is 5.41 Å². The van der Waals surface area contributed by atoms with Crippen molar-refractivity contribution in [2.45, 2.75) is 51.7 Å². The molecule has 0 heterocycles. The Bertz CT molecular complexity index is 352. The minimum Gasteiger partial charge on any atom is -0.493 e. The number of benzene rings is 1. The summed E-state index contributed by atoms with van der Waals surface area (Å²) in [6, 6.07) is 8.38. The predicted molar refractivity (Wildman–Crippen MR) is 82.8 cm³/mol. The summed E-state index contributed by atoms with van der Waals surface area (Å²) in [7, 11) is 0. The molecular formula is C16H26OS. The number of hydrogen-bond donors (Lipinski definition) is 0. The van der Waals surface area contributed by atoms with Gasteiger partial charge in [-0.3, -0.25) is 0 Å². The molecule has 18 heavy (non-hydrogen) atoms. The van der Waals surface area contributed by atoms with Crippen LogP contribution >= 0.6 is 11.8 Å². The van der Waals surface area contributed by atoms with Crippen LogP contribution in [-0.2, 0) is 5.41 Å². The van der Waals surface area contributed by atoms with Gasteiger partial charge in [0.2, 0.25) is 0 Å². The molecule has 0 aliphatic carbocycles.